The van der Waals surface area contributed by atoms with Crippen molar-refractivity contribution in [3.63, 3.8) is 0 Å². The van der Waals surface area contributed by atoms with E-state index in [-0.39, 0.29) is 0 Å². The van der Waals surface area contributed by atoms with E-state index in [1.807, 2.05) is 6.34 Å². The van der Waals surface area contributed by atoms with E-state index in [4.69, 9.17) is 14.9 Å². The molecule has 0 bridgehead atoms. The minimum Gasteiger partial charge on any atom is -0.478 e. The van der Waals surface area contributed by atoms with Crippen LogP contribution < -0.4 is 4.74 Å². The predicted molar refractivity (Wildman–Crippen MR) is 136 cm³/mol. The average molecular weight is 493 g/mol. The zero-order valence-corrected chi connectivity index (χ0v) is 21.4. The lowest BCUT2D eigenvalue weighted by Crippen LogP contribution is -2.25. The third-order valence-corrected chi connectivity index (χ3v) is 4.65. The molecule has 10 heteroatoms. The average Bonchev–Trinajstić information content (AvgIpc) is 2.82. The summed E-state index contributed by atoms with van der Waals surface area (Å²) in [5, 5.41) is 15.6. The standard InChI is InChI=1S/C21H36N4O2.C4H4O4/c1-5-7-9-11-15-25(16-12-10-8-6-2)18-23-19-13-14-22-17-20(19)27-21(26)24(3)4;5-3(6)1-2-4(7)8/h13-14,17-18H,5-12,15-16H2,1-4H3;1-2H,(H,5,6)(H,7,8). The summed E-state index contributed by atoms with van der Waals surface area (Å²) < 4.78 is 5.36. The molecule has 0 aliphatic rings. The van der Waals surface area contributed by atoms with Crippen LogP contribution in [0.1, 0.15) is 65.2 Å². The molecule has 0 spiro atoms. The fourth-order valence-electron chi connectivity index (χ4n) is 2.74. The molecule has 0 fully saturated rings. The van der Waals surface area contributed by atoms with Gasteiger partial charge in [-0.2, -0.15) is 0 Å². The van der Waals surface area contributed by atoms with Crippen LogP contribution in [-0.4, -0.2) is 76.6 Å². The van der Waals surface area contributed by atoms with Crippen molar-refractivity contribution in [2.75, 3.05) is 27.2 Å². The Hall–Kier alpha value is -3.43. The zero-order valence-electron chi connectivity index (χ0n) is 21.4. The van der Waals surface area contributed by atoms with Gasteiger partial charge in [-0.15, -0.1) is 0 Å². The van der Waals surface area contributed by atoms with Crippen molar-refractivity contribution < 1.29 is 29.3 Å². The largest absolute Gasteiger partial charge is 0.478 e. The molecule has 0 saturated carbocycles. The molecule has 0 aromatic carbocycles. The maximum Gasteiger partial charge on any atom is 0.414 e. The van der Waals surface area contributed by atoms with Crippen LogP contribution in [0.3, 0.4) is 0 Å². The molecule has 2 N–H and O–H groups in total. The Kier molecular flexibility index (Phi) is 18.0. The van der Waals surface area contributed by atoms with Crippen LogP contribution >= 0.6 is 0 Å². The number of carbonyl (C=O) groups is 3. The molecule has 35 heavy (non-hydrogen) atoms. The molecular formula is C25H40N4O6. The second-order valence-corrected chi connectivity index (χ2v) is 8.02. The van der Waals surface area contributed by atoms with Crippen LogP contribution in [0.4, 0.5) is 10.5 Å². The second kappa shape index (κ2) is 20.0. The van der Waals surface area contributed by atoms with E-state index in [0.29, 0.717) is 23.6 Å². The van der Waals surface area contributed by atoms with Crippen LogP contribution in [0.5, 0.6) is 5.75 Å². The minimum atomic E-state index is -1.26. The number of carbonyl (C=O) groups excluding carboxylic acids is 1. The summed E-state index contributed by atoms with van der Waals surface area (Å²) in [6.07, 6.45) is 15.6. The summed E-state index contributed by atoms with van der Waals surface area (Å²) in [4.78, 5) is 43.2. The van der Waals surface area contributed by atoms with Gasteiger partial charge in [0.2, 0.25) is 0 Å². The van der Waals surface area contributed by atoms with Crippen molar-refractivity contribution in [3.8, 4) is 5.75 Å². The first-order chi connectivity index (χ1) is 16.7. The van der Waals surface area contributed by atoms with Crippen LogP contribution in [0.15, 0.2) is 35.6 Å². The highest BCUT2D eigenvalue weighted by Gasteiger charge is 2.10. The lowest BCUT2D eigenvalue weighted by molar-refractivity contribution is -0.134. The highest BCUT2D eigenvalue weighted by Crippen LogP contribution is 2.26. The molecule has 0 aliphatic heterocycles. The number of aliphatic imine (C=N–C) groups is 1. The Balaban J connectivity index is 0.00000124. The second-order valence-electron chi connectivity index (χ2n) is 8.02. The van der Waals surface area contributed by atoms with Gasteiger partial charge in [0, 0.05) is 45.5 Å². The molecule has 0 atom stereocenters. The van der Waals surface area contributed by atoms with Crippen LogP contribution in [0, 0.1) is 0 Å². The Morgan fingerprint density at radius 3 is 1.94 bits per heavy atom. The summed E-state index contributed by atoms with van der Waals surface area (Å²) in [5.74, 6) is -2.14. The van der Waals surface area contributed by atoms with E-state index in [2.05, 4.69) is 28.7 Å². The number of pyridine rings is 1. The molecule has 0 radical (unpaired) electrons. The van der Waals surface area contributed by atoms with E-state index >= 15 is 0 Å². The maximum absolute atomic E-state index is 11.8. The highest BCUT2D eigenvalue weighted by atomic mass is 16.6. The van der Waals surface area contributed by atoms with Crippen molar-refractivity contribution in [2.45, 2.75) is 65.2 Å². The lowest BCUT2D eigenvalue weighted by Gasteiger charge is -2.19. The number of nitrogens with zero attached hydrogens (tertiary/aromatic N) is 4. The summed E-state index contributed by atoms with van der Waals surface area (Å²) in [6.45, 7) is 6.47. The van der Waals surface area contributed by atoms with E-state index in [0.717, 1.165) is 13.1 Å². The molecule has 0 saturated heterocycles. The van der Waals surface area contributed by atoms with E-state index < -0.39 is 18.0 Å². The van der Waals surface area contributed by atoms with Gasteiger partial charge in [0.05, 0.1) is 12.5 Å². The molecule has 1 aromatic rings. The van der Waals surface area contributed by atoms with Gasteiger partial charge >= 0.3 is 18.0 Å². The quantitative estimate of drug-likeness (QED) is 0.152. The summed E-state index contributed by atoms with van der Waals surface area (Å²) >= 11 is 0. The smallest absolute Gasteiger partial charge is 0.414 e. The van der Waals surface area contributed by atoms with Gasteiger partial charge < -0.3 is 24.7 Å². The van der Waals surface area contributed by atoms with Crippen LogP contribution in [0.2, 0.25) is 0 Å². The molecular weight excluding hydrogens is 452 g/mol. The molecule has 1 heterocycles. The number of carboxylic acids is 2. The Bertz CT molecular complexity index is 783. The van der Waals surface area contributed by atoms with Gasteiger partial charge in [-0.05, 0) is 18.9 Å². The maximum atomic E-state index is 11.8. The topological polar surface area (TPSA) is 133 Å². The first-order valence-electron chi connectivity index (χ1n) is 12.0. The van der Waals surface area contributed by atoms with Crippen LogP contribution in [0.25, 0.3) is 0 Å². The van der Waals surface area contributed by atoms with E-state index in [9.17, 15) is 14.4 Å². The van der Waals surface area contributed by atoms with Crippen molar-refractivity contribution in [2.24, 2.45) is 4.99 Å². The third-order valence-electron chi connectivity index (χ3n) is 4.65. The number of hydrogen-bond donors (Lipinski definition) is 2. The third kappa shape index (κ3) is 17.7. The fourth-order valence-corrected chi connectivity index (χ4v) is 2.74. The highest BCUT2D eigenvalue weighted by molar-refractivity contribution is 5.89. The first kappa shape index (κ1) is 31.6. The summed E-state index contributed by atoms with van der Waals surface area (Å²) in [5.41, 5.74) is 0.618. The van der Waals surface area contributed by atoms with E-state index in [1.54, 1.807) is 26.4 Å². The van der Waals surface area contributed by atoms with Gasteiger partial charge in [-0.25, -0.2) is 19.4 Å². The number of amides is 1. The molecule has 1 amide bonds. The Morgan fingerprint density at radius 2 is 1.49 bits per heavy atom. The van der Waals surface area contributed by atoms with Gasteiger partial charge in [0.15, 0.2) is 5.75 Å². The number of hydrogen-bond acceptors (Lipinski definition) is 6. The van der Waals surface area contributed by atoms with Gasteiger partial charge in [-0.3, -0.25) is 4.98 Å². The number of rotatable bonds is 15. The summed E-state index contributed by atoms with van der Waals surface area (Å²) in [7, 11) is 3.30. The van der Waals surface area contributed by atoms with Crippen LogP contribution in [-0.2, 0) is 9.59 Å². The normalized spacial score (nSPS) is 10.6. The zero-order chi connectivity index (χ0) is 26.5. The monoisotopic (exact) mass is 492 g/mol. The van der Waals surface area contributed by atoms with Crippen molar-refractivity contribution in [1.29, 1.82) is 0 Å². The molecule has 1 rings (SSSR count). The number of aromatic nitrogens is 1. The first-order valence-corrected chi connectivity index (χ1v) is 12.0. The van der Waals surface area contributed by atoms with Gasteiger partial charge in [0.25, 0.3) is 0 Å². The molecule has 10 nitrogen and oxygen atoms in total. The molecule has 196 valence electrons. The number of unbranched alkanes of at least 4 members (excludes halogenated alkanes) is 6. The number of ether oxygens (including phenoxy) is 1. The number of aliphatic carboxylic acids is 2. The summed E-state index contributed by atoms with van der Waals surface area (Å²) in [6, 6.07) is 1.76. The minimum absolute atomic E-state index is 0.379. The predicted octanol–water partition coefficient (Wildman–Crippen LogP) is 4.98. The van der Waals surface area contributed by atoms with Gasteiger partial charge in [0.1, 0.15) is 5.69 Å². The molecule has 1 aromatic heterocycles. The van der Waals surface area contributed by atoms with E-state index in [1.165, 1.54) is 62.5 Å². The van der Waals surface area contributed by atoms with Crippen molar-refractivity contribution in [3.05, 3.63) is 30.6 Å². The van der Waals surface area contributed by atoms with Crippen molar-refractivity contribution >= 4 is 30.1 Å². The Morgan fingerprint density at radius 1 is 0.943 bits per heavy atom. The molecule has 0 aliphatic carbocycles. The van der Waals surface area contributed by atoms with Crippen molar-refractivity contribution in [1.82, 2.24) is 14.8 Å². The lowest BCUT2D eigenvalue weighted by atomic mass is 10.2. The van der Waals surface area contributed by atoms with Gasteiger partial charge in [-0.1, -0.05) is 52.4 Å². The molecule has 0 unspecified atom stereocenters. The number of carboxylic acid groups (broad SMARTS) is 2. The SMILES string of the molecule is CCCCCCN(C=Nc1ccncc1OC(=O)N(C)C)CCCCCC.O=C(O)C=CC(=O)O. The fraction of sp³-hybridized carbons (Fsp3) is 0.560. The Labute approximate surface area is 208 Å².